The number of urea groups is 1. The molecule has 23 heavy (non-hydrogen) atoms. The molecule has 0 aromatic heterocycles. The fourth-order valence-electron chi connectivity index (χ4n) is 2.72. The van der Waals surface area contributed by atoms with Crippen molar-refractivity contribution in [3.63, 3.8) is 0 Å². The molecule has 0 bridgehead atoms. The van der Waals surface area contributed by atoms with Crippen molar-refractivity contribution < 1.29 is 9.90 Å². The van der Waals surface area contributed by atoms with E-state index < -0.39 is 0 Å². The first-order valence-corrected chi connectivity index (χ1v) is 8.09. The van der Waals surface area contributed by atoms with Crippen molar-refractivity contribution >= 4 is 11.7 Å². The smallest absolute Gasteiger partial charge is 0.315 e. The molecule has 0 spiro atoms. The number of carbonyl (C=O) groups excluding carboxylic acids is 1. The monoisotopic (exact) mass is 316 g/mol. The van der Waals surface area contributed by atoms with Crippen molar-refractivity contribution in [2.45, 2.75) is 38.3 Å². The number of nitriles is 1. The summed E-state index contributed by atoms with van der Waals surface area (Å²) >= 11 is 0. The Kier molecular flexibility index (Phi) is 6.24. The van der Waals surface area contributed by atoms with Gasteiger partial charge in [0.05, 0.1) is 24.3 Å². The number of aliphatic hydroxyl groups is 1. The summed E-state index contributed by atoms with van der Waals surface area (Å²) in [5, 5.41) is 23.7. The first-order chi connectivity index (χ1) is 11.2. The zero-order valence-electron chi connectivity index (χ0n) is 13.5. The van der Waals surface area contributed by atoms with Gasteiger partial charge < -0.3 is 20.6 Å². The van der Waals surface area contributed by atoms with Crippen LogP contribution in [0, 0.1) is 11.3 Å². The van der Waals surface area contributed by atoms with Crippen molar-refractivity contribution in [3.8, 4) is 6.07 Å². The van der Waals surface area contributed by atoms with E-state index in [-0.39, 0.29) is 24.7 Å². The molecule has 6 nitrogen and oxygen atoms in total. The van der Waals surface area contributed by atoms with Gasteiger partial charge in [0.2, 0.25) is 0 Å². The second-order valence-electron chi connectivity index (χ2n) is 5.83. The second-order valence-corrected chi connectivity index (χ2v) is 5.83. The average Bonchev–Trinajstić information content (AvgIpc) is 2.60. The van der Waals surface area contributed by atoms with E-state index in [1.807, 2.05) is 31.2 Å². The van der Waals surface area contributed by atoms with Crippen LogP contribution < -0.4 is 15.5 Å². The highest BCUT2D eigenvalue weighted by Gasteiger charge is 2.21. The number of hydrogen-bond donors (Lipinski definition) is 3. The van der Waals surface area contributed by atoms with Crippen molar-refractivity contribution in [2.24, 2.45) is 0 Å². The minimum absolute atomic E-state index is 0.0406. The van der Waals surface area contributed by atoms with E-state index in [9.17, 15) is 4.79 Å². The summed E-state index contributed by atoms with van der Waals surface area (Å²) in [6, 6.07) is 9.46. The molecule has 1 aliphatic rings. The predicted octanol–water partition coefficient (Wildman–Crippen LogP) is 1.60. The molecular weight excluding hydrogens is 292 g/mol. The van der Waals surface area contributed by atoms with Crippen LogP contribution in [-0.4, -0.2) is 42.9 Å². The van der Waals surface area contributed by atoms with Crippen LogP contribution in [0.25, 0.3) is 0 Å². The van der Waals surface area contributed by atoms with Gasteiger partial charge in [0, 0.05) is 24.8 Å². The molecule has 1 fully saturated rings. The Hall–Kier alpha value is -2.26. The maximum Gasteiger partial charge on any atom is 0.315 e. The van der Waals surface area contributed by atoms with Gasteiger partial charge in [-0.2, -0.15) is 5.26 Å². The number of rotatable bonds is 5. The summed E-state index contributed by atoms with van der Waals surface area (Å²) < 4.78 is 0. The van der Waals surface area contributed by atoms with Crippen LogP contribution in [0.3, 0.4) is 0 Å². The molecule has 1 atom stereocenters. The molecule has 0 aliphatic carbocycles. The Bertz CT molecular complexity index is 541. The molecule has 6 heteroatoms. The number of aliphatic hydroxyl groups excluding tert-OH is 1. The van der Waals surface area contributed by atoms with Crippen LogP contribution in [0.1, 0.15) is 31.7 Å². The topological polar surface area (TPSA) is 88.4 Å². The zero-order valence-corrected chi connectivity index (χ0v) is 13.5. The first kappa shape index (κ1) is 17.1. The molecule has 0 saturated carbocycles. The highest BCUT2D eigenvalue weighted by molar-refractivity contribution is 5.74. The van der Waals surface area contributed by atoms with Gasteiger partial charge in [0.25, 0.3) is 0 Å². The fourth-order valence-corrected chi connectivity index (χ4v) is 2.72. The van der Waals surface area contributed by atoms with E-state index in [4.69, 9.17) is 10.4 Å². The molecule has 1 heterocycles. The number of amides is 2. The lowest BCUT2D eigenvalue weighted by Crippen LogP contribution is -2.50. The summed E-state index contributed by atoms with van der Waals surface area (Å²) in [6.07, 6.45) is 2.47. The molecule has 1 aromatic carbocycles. The van der Waals surface area contributed by atoms with Crippen molar-refractivity contribution in [2.75, 3.05) is 24.6 Å². The highest BCUT2D eigenvalue weighted by Crippen LogP contribution is 2.20. The largest absolute Gasteiger partial charge is 0.394 e. The molecule has 1 aliphatic heterocycles. The minimum atomic E-state index is -0.206. The summed E-state index contributed by atoms with van der Waals surface area (Å²) in [5.41, 5.74) is 1.77. The van der Waals surface area contributed by atoms with Gasteiger partial charge in [0.1, 0.15) is 0 Å². The van der Waals surface area contributed by atoms with Gasteiger partial charge >= 0.3 is 6.03 Å². The third-order valence-corrected chi connectivity index (χ3v) is 4.24. The third-order valence-electron chi connectivity index (χ3n) is 4.24. The molecule has 3 N–H and O–H groups in total. The lowest BCUT2D eigenvalue weighted by atomic mass is 10.0. The number of carbonyl (C=O) groups is 1. The van der Waals surface area contributed by atoms with Crippen LogP contribution in [-0.2, 0) is 0 Å². The van der Waals surface area contributed by atoms with E-state index in [0.717, 1.165) is 31.6 Å². The second kappa shape index (κ2) is 8.39. The number of hydrogen-bond acceptors (Lipinski definition) is 4. The molecule has 1 saturated heterocycles. The predicted molar refractivity (Wildman–Crippen MR) is 89.2 cm³/mol. The van der Waals surface area contributed by atoms with E-state index in [0.29, 0.717) is 12.0 Å². The summed E-state index contributed by atoms with van der Waals surface area (Å²) in [7, 11) is 0. The molecule has 124 valence electrons. The van der Waals surface area contributed by atoms with Crippen LogP contribution in [0.5, 0.6) is 0 Å². The Labute approximate surface area is 137 Å². The quantitative estimate of drug-likeness (QED) is 0.770. The van der Waals surface area contributed by atoms with Gasteiger partial charge in [-0.25, -0.2) is 4.79 Å². The van der Waals surface area contributed by atoms with Crippen molar-refractivity contribution in [1.82, 2.24) is 10.6 Å². The molecule has 1 aromatic rings. The van der Waals surface area contributed by atoms with Gasteiger partial charge in [-0.05, 0) is 43.5 Å². The number of benzene rings is 1. The zero-order chi connectivity index (χ0) is 16.7. The number of piperidine rings is 1. The van der Waals surface area contributed by atoms with Crippen molar-refractivity contribution in [3.05, 3.63) is 29.8 Å². The van der Waals surface area contributed by atoms with Crippen molar-refractivity contribution in [1.29, 1.82) is 5.26 Å². The van der Waals surface area contributed by atoms with Crippen LogP contribution in [0.4, 0.5) is 10.5 Å². The van der Waals surface area contributed by atoms with E-state index >= 15 is 0 Å². The number of nitrogens with one attached hydrogen (secondary N) is 2. The maximum absolute atomic E-state index is 11.9. The van der Waals surface area contributed by atoms with E-state index in [1.54, 1.807) is 0 Å². The summed E-state index contributed by atoms with van der Waals surface area (Å²) in [4.78, 5) is 14.1. The fraction of sp³-hybridized carbons (Fsp3) is 0.529. The first-order valence-electron chi connectivity index (χ1n) is 8.09. The highest BCUT2D eigenvalue weighted by atomic mass is 16.3. The number of anilines is 1. The molecule has 1 unspecified atom stereocenters. The summed E-state index contributed by atoms with van der Waals surface area (Å²) in [6.45, 7) is 3.63. The molecule has 2 rings (SSSR count). The SMILES string of the molecule is CCC(CO)NC(=O)NC1CCN(c2ccc(C#N)cc2)CC1. The van der Waals surface area contributed by atoms with Crippen LogP contribution in [0.15, 0.2) is 24.3 Å². The van der Waals surface area contributed by atoms with Crippen LogP contribution >= 0.6 is 0 Å². The lowest BCUT2D eigenvalue weighted by molar-refractivity contribution is 0.210. The Morgan fingerprint density at radius 1 is 1.39 bits per heavy atom. The molecular formula is C17H24N4O2. The third kappa shape index (κ3) is 4.86. The van der Waals surface area contributed by atoms with Gasteiger partial charge in [-0.1, -0.05) is 6.92 Å². The van der Waals surface area contributed by atoms with Crippen LogP contribution in [0.2, 0.25) is 0 Å². The molecule has 0 radical (unpaired) electrons. The van der Waals surface area contributed by atoms with E-state index in [2.05, 4.69) is 21.6 Å². The Morgan fingerprint density at radius 3 is 2.57 bits per heavy atom. The van der Waals surface area contributed by atoms with Gasteiger partial charge in [0.15, 0.2) is 0 Å². The standard InChI is InChI=1S/C17H24N4O2/c1-2-14(12-22)19-17(23)20-15-7-9-21(10-8-15)16-5-3-13(11-18)4-6-16/h3-6,14-15,22H,2,7-10,12H2,1H3,(H2,19,20,23). The normalized spacial score (nSPS) is 16.5. The lowest BCUT2D eigenvalue weighted by Gasteiger charge is -2.34. The molecule has 2 amide bonds. The Balaban J connectivity index is 1.79. The minimum Gasteiger partial charge on any atom is -0.394 e. The maximum atomic E-state index is 11.9. The van der Waals surface area contributed by atoms with Gasteiger partial charge in [-0.15, -0.1) is 0 Å². The average molecular weight is 316 g/mol. The van der Waals surface area contributed by atoms with Gasteiger partial charge in [-0.3, -0.25) is 0 Å². The summed E-state index contributed by atoms with van der Waals surface area (Å²) in [5.74, 6) is 0. The Morgan fingerprint density at radius 2 is 2.04 bits per heavy atom. The number of nitrogens with zero attached hydrogens (tertiary/aromatic N) is 2. The van der Waals surface area contributed by atoms with E-state index in [1.165, 1.54) is 0 Å².